The number of tetrazole rings is 1. The summed E-state index contributed by atoms with van der Waals surface area (Å²) in [4.78, 5) is 0. The predicted octanol–water partition coefficient (Wildman–Crippen LogP) is 0.397. The first kappa shape index (κ1) is 15.0. The van der Waals surface area contributed by atoms with Crippen molar-refractivity contribution in [3.63, 3.8) is 0 Å². The highest BCUT2D eigenvalue weighted by Crippen LogP contribution is 2.07. The molecule has 7 nitrogen and oxygen atoms in total. The minimum Gasteiger partial charge on any atom is -0.383 e. The van der Waals surface area contributed by atoms with Crippen molar-refractivity contribution in [1.82, 2.24) is 25.5 Å². The Morgan fingerprint density at radius 1 is 1.39 bits per heavy atom. The van der Waals surface area contributed by atoms with Gasteiger partial charge in [-0.05, 0) is 30.7 Å². The van der Waals surface area contributed by atoms with Crippen molar-refractivity contribution < 1.29 is 9.47 Å². The summed E-state index contributed by atoms with van der Waals surface area (Å²) in [6.45, 7) is 7.75. The Morgan fingerprint density at radius 3 is 2.94 bits per heavy atom. The number of hydrogen-bond acceptors (Lipinski definition) is 6. The van der Waals surface area contributed by atoms with Crippen molar-refractivity contribution in [3.8, 4) is 0 Å². The van der Waals surface area contributed by atoms with Gasteiger partial charge in [0, 0.05) is 33.4 Å². The Labute approximate surface area is 108 Å². The summed E-state index contributed by atoms with van der Waals surface area (Å²) < 4.78 is 12.1. The summed E-state index contributed by atoms with van der Waals surface area (Å²) in [7, 11) is 1.68. The Morgan fingerprint density at radius 2 is 2.22 bits per heavy atom. The molecule has 0 aromatic carbocycles. The molecule has 0 bridgehead atoms. The maximum absolute atomic E-state index is 5.30. The number of nitrogens with one attached hydrogen (secondary N) is 1. The van der Waals surface area contributed by atoms with Crippen LogP contribution in [0.2, 0.25) is 0 Å². The third-order valence-corrected chi connectivity index (χ3v) is 2.57. The summed E-state index contributed by atoms with van der Waals surface area (Å²) in [6.07, 6.45) is 0.913. The highest BCUT2D eigenvalue weighted by atomic mass is 16.5. The molecule has 0 aliphatic rings. The number of hydrogen-bond donors (Lipinski definition) is 1. The highest BCUT2D eigenvalue weighted by Gasteiger charge is 2.13. The van der Waals surface area contributed by atoms with Gasteiger partial charge in [0.05, 0.1) is 12.6 Å². The average Bonchev–Trinajstić information content (AvgIpc) is 2.83. The Bertz CT molecular complexity index is 318. The van der Waals surface area contributed by atoms with Crippen LogP contribution in [0.4, 0.5) is 0 Å². The van der Waals surface area contributed by atoms with Crippen molar-refractivity contribution >= 4 is 0 Å². The molecule has 1 rings (SSSR count). The zero-order valence-corrected chi connectivity index (χ0v) is 11.4. The molecule has 0 amide bonds. The largest absolute Gasteiger partial charge is 0.383 e. The molecule has 104 valence electrons. The first-order valence-corrected chi connectivity index (χ1v) is 6.35. The van der Waals surface area contributed by atoms with Gasteiger partial charge in [-0.1, -0.05) is 0 Å². The van der Waals surface area contributed by atoms with Crippen LogP contribution in [0.3, 0.4) is 0 Å². The van der Waals surface area contributed by atoms with E-state index in [2.05, 4.69) is 20.8 Å². The molecular weight excluding hydrogens is 234 g/mol. The van der Waals surface area contributed by atoms with Gasteiger partial charge in [-0.15, -0.1) is 5.10 Å². The number of nitrogens with zero attached hydrogens (tertiary/aromatic N) is 4. The van der Waals surface area contributed by atoms with Gasteiger partial charge in [0.1, 0.15) is 0 Å². The zero-order valence-electron chi connectivity index (χ0n) is 11.4. The molecule has 0 aliphatic carbocycles. The molecule has 0 radical (unpaired) electrons. The molecular formula is C11H23N5O2. The molecule has 0 saturated carbocycles. The Kier molecular flexibility index (Phi) is 7.47. The van der Waals surface area contributed by atoms with E-state index in [1.54, 1.807) is 7.11 Å². The van der Waals surface area contributed by atoms with E-state index >= 15 is 0 Å². The van der Waals surface area contributed by atoms with Crippen LogP contribution < -0.4 is 5.32 Å². The van der Waals surface area contributed by atoms with E-state index in [0.717, 1.165) is 38.5 Å². The SMILES string of the molecule is CCOCCCn1nnnc1C(C)NCCOC. The normalized spacial score (nSPS) is 12.8. The highest BCUT2D eigenvalue weighted by molar-refractivity contribution is 4.89. The summed E-state index contributed by atoms with van der Waals surface area (Å²) >= 11 is 0. The number of methoxy groups -OCH3 is 1. The van der Waals surface area contributed by atoms with Gasteiger partial charge in [0.25, 0.3) is 0 Å². The molecule has 1 aromatic heterocycles. The maximum atomic E-state index is 5.30. The van der Waals surface area contributed by atoms with E-state index in [1.807, 2.05) is 18.5 Å². The minimum atomic E-state index is 0.113. The molecule has 7 heteroatoms. The molecule has 18 heavy (non-hydrogen) atoms. The van der Waals surface area contributed by atoms with Crippen molar-refractivity contribution in [2.24, 2.45) is 0 Å². The number of aryl methyl sites for hydroxylation is 1. The number of ether oxygens (including phenoxy) is 2. The van der Waals surface area contributed by atoms with Gasteiger partial charge in [0.15, 0.2) is 5.82 Å². The standard InChI is InChI=1S/C11H23N5O2/c1-4-18-8-5-7-16-11(13-14-15-16)10(2)12-6-9-17-3/h10,12H,4-9H2,1-3H3. The van der Waals surface area contributed by atoms with Crippen molar-refractivity contribution in [1.29, 1.82) is 0 Å². The second-order valence-electron chi connectivity index (χ2n) is 3.98. The lowest BCUT2D eigenvalue weighted by Gasteiger charge is -2.13. The maximum Gasteiger partial charge on any atom is 0.167 e. The average molecular weight is 257 g/mol. The number of aromatic nitrogens is 4. The van der Waals surface area contributed by atoms with Crippen molar-refractivity contribution in [2.75, 3.05) is 33.5 Å². The van der Waals surface area contributed by atoms with Crippen LogP contribution in [0.5, 0.6) is 0 Å². The van der Waals surface area contributed by atoms with Crippen LogP contribution in [0, 0.1) is 0 Å². The smallest absolute Gasteiger partial charge is 0.167 e. The molecule has 0 saturated heterocycles. The first-order chi connectivity index (χ1) is 8.79. The Balaban J connectivity index is 2.38. The monoisotopic (exact) mass is 257 g/mol. The first-order valence-electron chi connectivity index (χ1n) is 6.35. The topological polar surface area (TPSA) is 74.1 Å². The fourth-order valence-corrected chi connectivity index (χ4v) is 1.61. The lowest BCUT2D eigenvalue weighted by atomic mass is 10.3. The van der Waals surface area contributed by atoms with E-state index in [0.29, 0.717) is 6.61 Å². The molecule has 1 aromatic rings. The summed E-state index contributed by atoms with van der Waals surface area (Å²) in [5.74, 6) is 0.850. The van der Waals surface area contributed by atoms with Gasteiger partial charge < -0.3 is 14.8 Å². The Hall–Kier alpha value is -1.05. The molecule has 1 heterocycles. The van der Waals surface area contributed by atoms with Crippen LogP contribution in [0.15, 0.2) is 0 Å². The molecule has 1 atom stereocenters. The van der Waals surface area contributed by atoms with Gasteiger partial charge in [-0.25, -0.2) is 4.68 Å². The van der Waals surface area contributed by atoms with Crippen molar-refractivity contribution in [2.45, 2.75) is 32.9 Å². The minimum absolute atomic E-state index is 0.113. The molecule has 0 aliphatic heterocycles. The second-order valence-corrected chi connectivity index (χ2v) is 3.98. The quantitative estimate of drug-likeness (QED) is 0.611. The van der Waals surface area contributed by atoms with E-state index in [1.165, 1.54) is 0 Å². The van der Waals surface area contributed by atoms with Gasteiger partial charge in [-0.2, -0.15) is 0 Å². The van der Waals surface area contributed by atoms with Crippen LogP contribution in [-0.4, -0.2) is 53.7 Å². The summed E-state index contributed by atoms with van der Waals surface area (Å²) in [5, 5.41) is 15.1. The van der Waals surface area contributed by atoms with Gasteiger partial charge >= 0.3 is 0 Å². The second kappa shape index (κ2) is 8.96. The van der Waals surface area contributed by atoms with E-state index in [4.69, 9.17) is 9.47 Å². The van der Waals surface area contributed by atoms with E-state index in [-0.39, 0.29) is 6.04 Å². The third kappa shape index (κ3) is 5.07. The van der Waals surface area contributed by atoms with Crippen LogP contribution in [0.25, 0.3) is 0 Å². The summed E-state index contributed by atoms with van der Waals surface area (Å²) in [5.41, 5.74) is 0. The molecule has 0 fully saturated rings. The molecule has 0 spiro atoms. The zero-order chi connectivity index (χ0) is 13.2. The van der Waals surface area contributed by atoms with Gasteiger partial charge in [0.2, 0.25) is 0 Å². The summed E-state index contributed by atoms with van der Waals surface area (Å²) in [6, 6.07) is 0.113. The van der Waals surface area contributed by atoms with Crippen LogP contribution in [0.1, 0.15) is 32.1 Å². The van der Waals surface area contributed by atoms with E-state index < -0.39 is 0 Å². The number of rotatable bonds is 10. The molecule has 1 N–H and O–H groups in total. The molecule has 1 unspecified atom stereocenters. The lowest BCUT2D eigenvalue weighted by Crippen LogP contribution is -2.26. The predicted molar refractivity (Wildman–Crippen MR) is 67.2 cm³/mol. The fourth-order valence-electron chi connectivity index (χ4n) is 1.61. The van der Waals surface area contributed by atoms with E-state index in [9.17, 15) is 0 Å². The van der Waals surface area contributed by atoms with Gasteiger partial charge in [-0.3, -0.25) is 0 Å². The lowest BCUT2D eigenvalue weighted by molar-refractivity contribution is 0.140. The van der Waals surface area contributed by atoms with Crippen LogP contribution in [-0.2, 0) is 16.0 Å². The fraction of sp³-hybridized carbons (Fsp3) is 0.909. The third-order valence-electron chi connectivity index (χ3n) is 2.57. The van der Waals surface area contributed by atoms with Crippen LogP contribution >= 0.6 is 0 Å². The van der Waals surface area contributed by atoms with Crippen molar-refractivity contribution in [3.05, 3.63) is 5.82 Å².